The van der Waals surface area contributed by atoms with Crippen molar-refractivity contribution in [1.82, 2.24) is 4.90 Å². The summed E-state index contributed by atoms with van der Waals surface area (Å²) in [6.45, 7) is 1.99. The second-order valence-electron chi connectivity index (χ2n) is 6.95. The molecule has 0 spiro atoms. The lowest BCUT2D eigenvalue weighted by molar-refractivity contribution is 0.0857. The first-order valence-electron chi connectivity index (χ1n) is 9.07. The Morgan fingerprint density at radius 1 is 0.923 bits per heavy atom. The second kappa shape index (κ2) is 7.12. The average molecular weight is 369 g/mol. The van der Waals surface area contributed by atoms with Gasteiger partial charge in [0.1, 0.15) is 0 Å². The molecule has 2 heterocycles. The van der Waals surface area contributed by atoms with E-state index in [1.54, 1.807) is 24.3 Å². The number of fused-ring (bicyclic) bond motifs is 1. The number of Topliss-reactive ketones (excluding diaryl/α,β-unsaturated/α-hetero) is 1. The normalized spacial score (nSPS) is 17.3. The van der Waals surface area contributed by atoms with Crippen LogP contribution in [0.4, 0.5) is 10.5 Å². The van der Waals surface area contributed by atoms with E-state index in [1.165, 1.54) is 5.56 Å². The molecule has 0 radical (unpaired) electrons. The summed E-state index contributed by atoms with van der Waals surface area (Å²) >= 11 is 5.89. The third kappa shape index (κ3) is 3.21. The van der Waals surface area contributed by atoms with Crippen molar-refractivity contribution in [2.75, 3.05) is 24.5 Å². The van der Waals surface area contributed by atoms with Crippen LogP contribution < -0.4 is 4.90 Å². The summed E-state index contributed by atoms with van der Waals surface area (Å²) in [5.41, 5.74) is 2.96. The van der Waals surface area contributed by atoms with Crippen molar-refractivity contribution in [2.24, 2.45) is 5.92 Å². The highest BCUT2D eigenvalue weighted by atomic mass is 35.5. The van der Waals surface area contributed by atoms with E-state index >= 15 is 0 Å². The molecular formula is C21H21ClN2O2. The van der Waals surface area contributed by atoms with E-state index in [9.17, 15) is 9.59 Å². The second-order valence-corrected chi connectivity index (χ2v) is 7.38. The molecule has 0 bridgehead atoms. The highest BCUT2D eigenvalue weighted by molar-refractivity contribution is 6.30. The summed E-state index contributed by atoms with van der Waals surface area (Å²) < 4.78 is 0. The van der Waals surface area contributed by atoms with E-state index in [0.29, 0.717) is 36.5 Å². The number of ketones is 1. The maximum atomic E-state index is 12.9. The molecular weight excluding hydrogens is 348 g/mol. The third-order valence-electron chi connectivity index (χ3n) is 5.38. The topological polar surface area (TPSA) is 40.6 Å². The van der Waals surface area contributed by atoms with Crippen LogP contribution in [-0.2, 0) is 6.42 Å². The van der Waals surface area contributed by atoms with Crippen LogP contribution in [0.2, 0.25) is 5.02 Å². The Hall–Kier alpha value is -2.33. The van der Waals surface area contributed by atoms with Crippen LogP contribution in [0.15, 0.2) is 48.5 Å². The van der Waals surface area contributed by atoms with Gasteiger partial charge in [0.25, 0.3) is 0 Å². The van der Waals surface area contributed by atoms with E-state index in [2.05, 4.69) is 6.07 Å². The molecule has 1 saturated heterocycles. The first kappa shape index (κ1) is 17.1. The highest BCUT2D eigenvalue weighted by Gasteiger charge is 2.32. The summed E-state index contributed by atoms with van der Waals surface area (Å²) in [6, 6.07) is 15.2. The van der Waals surface area contributed by atoms with Gasteiger partial charge in [-0.2, -0.15) is 0 Å². The molecule has 5 heteroatoms. The fraction of sp³-hybridized carbons (Fsp3) is 0.333. The van der Waals surface area contributed by atoms with Crippen LogP contribution in [0.25, 0.3) is 0 Å². The van der Waals surface area contributed by atoms with Gasteiger partial charge in [-0.25, -0.2) is 4.79 Å². The number of halogens is 1. The first-order chi connectivity index (χ1) is 12.6. The Balaban J connectivity index is 1.39. The number of rotatable bonds is 2. The number of nitrogens with zero attached hydrogens (tertiary/aromatic N) is 2. The molecule has 2 aromatic carbocycles. The lowest BCUT2D eigenvalue weighted by Gasteiger charge is -2.34. The third-order valence-corrected chi connectivity index (χ3v) is 5.64. The zero-order valence-corrected chi connectivity index (χ0v) is 15.3. The van der Waals surface area contributed by atoms with Crippen molar-refractivity contribution in [3.63, 3.8) is 0 Å². The molecule has 2 aliphatic rings. The minimum absolute atomic E-state index is 0.0221. The van der Waals surface area contributed by atoms with Crippen molar-refractivity contribution in [3.8, 4) is 0 Å². The lowest BCUT2D eigenvalue weighted by Crippen LogP contribution is -2.47. The van der Waals surface area contributed by atoms with Gasteiger partial charge < -0.3 is 4.90 Å². The lowest BCUT2D eigenvalue weighted by atomic mass is 9.89. The molecule has 1 fully saturated rings. The number of urea groups is 1. The van der Waals surface area contributed by atoms with Gasteiger partial charge >= 0.3 is 6.03 Å². The van der Waals surface area contributed by atoms with Gasteiger partial charge in [0.05, 0.1) is 0 Å². The van der Waals surface area contributed by atoms with Crippen molar-refractivity contribution >= 4 is 29.1 Å². The fourth-order valence-corrected chi connectivity index (χ4v) is 4.02. The number of likely N-dealkylation sites (tertiary alicyclic amines) is 1. The van der Waals surface area contributed by atoms with Crippen LogP contribution in [0.5, 0.6) is 0 Å². The zero-order valence-electron chi connectivity index (χ0n) is 14.5. The smallest absolute Gasteiger partial charge is 0.324 e. The number of piperidine rings is 1. The van der Waals surface area contributed by atoms with Crippen molar-refractivity contribution in [1.29, 1.82) is 0 Å². The minimum atomic E-state index is -0.0221. The molecule has 134 valence electrons. The fourth-order valence-electron chi connectivity index (χ4n) is 3.89. The average Bonchev–Trinajstić information content (AvgIpc) is 3.12. The number of benzene rings is 2. The molecule has 2 amide bonds. The maximum absolute atomic E-state index is 12.9. The molecule has 4 rings (SSSR count). The Morgan fingerprint density at radius 2 is 1.62 bits per heavy atom. The summed E-state index contributed by atoms with van der Waals surface area (Å²) in [6.07, 6.45) is 2.33. The van der Waals surface area contributed by atoms with E-state index < -0.39 is 0 Å². The van der Waals surface area contributed by atoms with Gasteiger partial charge in [-0.15, -0.1) is 0 Å². The molecule has 0 aliphatic carbocycles. The quantitative estimate of drug-likeness (QED) is 0.736. The van der Waals surface area contributed by atoms with Crippen molar-refractivity contribution < 1.29 is 9.59 Å². The van der Waals surface area contributed by atoms with E-state index in [0.717, 1.165) is 18.7 Å². The maximum Gasteiger partial charge on any atom is 0.324 e. The summed E-state index contributed by atoms with van der Waals surface area (Å²) in [4.78, 5) is 29.3. The highest BCUT2D eigenvalue weighted by Crippen LogP contribution is 2.30. The number of hydrogen-bond donors (Lipinski definition) is 0. The number of amides is 2. The largest absolute Gasteiger partial charge is 0.324 e. The van der Waals surface area contributed by atoms with Crippen molar-refractivity contribution in [3.05, 3.63) is 64.7 Å². The number of hydrogen-bond acceptors (Lipinski definition) is 2. The van der Waals surface area contributed by atoms with E-state index in [4.69, 9.17) is 11.6 Å². The van der Waals surface area contributed by atoms with Crippen LogP contribution >= 0.6 is 11.6 Å². The monoisotopic (exact) mass is 368 g/mol. The number of para-hydroxylation sites is 1. The number of anilines is 1. The van der Waals surface area contributed by atoms with Crippen LogP contribution in [0.3, 0.4) is 0 Å². The van der Waals surface area contributed by atoms with E-state index in [1.807, 2.05) is 28.0 Å². The molecule has 0 unspecified atom stereocenters. The van der Waals surface area contributed by atoms with Gasteiger partial charge in [-0.05, 0) is 55.2 Å². The summed E-state index contributed by atoms with van der Waals surface area (Å²) in [7, 11) is 0. The van der Waals surface area contributed by atoms with E-state index in [-0.39, 0.29) is 17.7 Å². The van der Waals surface area contributed by atoms with Crippen molar-refractivity contribution in [2.45, 2.75) is 19.3 Å². The van der Waals surface area contributed by atoms with Crippen LogP contribution in [0, 0.1) is 5.92 Å². The van der Waals surface area contributed by atoms with Crippen LogP contribution in [0.1, 0.15) is 28.8 Å². The van der Waals surface area contributed by atoms with Crippen LogP contribution in [-0.4, -0.2) is 36.3 Å². The van der Waals surface area contributed by atoms with Gasteiger partial charge in [0.2, 0.25) is 0 Å². The first-order valence-corrected chi connectivity index (χ1v) is 9.45. The molecule has 2 aliphatic heterocycles. The molecule has 0 atom stereocenters. The summed E-state index contributed by atoms with van der Waals surface area (Å²) in [5, 5.41) is 0.632. The molecule has 4 nitrogen and oxygen atoms in total. The Morgan fingerprint density at radius 3 is 2.35 bits per heavy atom. The Bertz CT molecular complexity index is 826. The standard InChI is InChI=1S/C21H21ClN2O2/c22-18-7-5-16(6-8-18)20(25)17-9-12-23(13-10-17)21(26)24-14-11-15-3-1-2-4-19(15)24/h1-8,17H,9-14H2. The Kier molecular flexibility index (Phi) is 4.68. The molecule has 0 aromatic heterocycles. The minimum Gasteiger partial charge on any atom is -0.324 e. The Labute approximate surface area is 158 Å². The molecule has 26 heavy (non-hydrogen) atoms. The predicted octanol–water partition coefficient (Wildman–Crippen LogP) is 4.42. The summed E-state index contributed by atoms with van der Waals surface area (Å²) in [5.74, 6) is 0.131. The molecule has 0 saturated carbocycles. The number of carbonyl (C=O) groups excluding carboxylic acids is 2. The molecule has 0 N–H and O–H groups in total. The van der Waals surface area contributed by atoms with Gasteiger partial charge in [-0.3, -0.25) is 9.69 Å². The van der Waals surface area contributed by atoms with Gasteiger partial charge in [-0.1, -0.05) is 29.8 Å². The SMILES string of the molecule is O=C(c1ccc(Cl)cc1)C1CCN(C(=O)N2CCc3ccccc32)CC1. The molecule has 2 aromatic rings. The van der Waals surface area contributed by atoms with Gasteiger partial charge in [0, 0.05) is 41.8 Å². The predicted molar refractivity (Wildman–Crippen MR) is 103 cm³/mol. The zero-order chi connectivity index (χ0) is 18.1. The number of carbonyl (C=O) groups is 2. The van der Waals surface area contributed by atoms with Gasteiger partial charge in [0.15, 0.2) is 5.78 Å².